The van der Waals surface area contributed by atoms with E-state index in [0.717, 1.165) is 41.0 Å². The van der Waals surface area contributed by atoms with Crippen molar-refractivity contribution in [2.24, 2.45) is 0 Å². The van der Waals surface area contributed by atoms with Gasteiger partial charge in [-0.25, -0.2) is 14.8 Å². The van der Waals surface area contributed by atoms with Crippen LogP contribution in [-0.2, 0) is 24.9 Å². The highest BCUT2D eigenvalue weighted by molar-refractivity contribution is 6.36. The molecule has 0 amide bonds. The molecule has 28 heavy (non-hydrogen) atoms. The average Bonchev–Trinajstić information content (AvgIpc) is 2.64. The number of aromatic nitrogens is 2. The summed E-state index contributed by atoms with van der Waals surface area (Å²) in [5.74, 6) is 0.869. The van der Waals surface area contributed by atoms with E-state index in [-0.39, 0.29) is 11.0 Å². The van der Waals surface area contributed by atoms with Crippen molar-refractivity contribution in [1.29, 1.82) is 0 Å². The third-order valence-corrected chi connectivity index (χ3v) is 5.58. The first-order chi connectivity index (χ1) is 13.2. The van der Waals surface area contributed by atoms with E-state index < -0.39 is 0 Å². The van der Waals surface area contributed by atoms with Crippen LogP contribution >= 0.6 is 11.6 Å². The number of halogens is 1. The van der Waals surface area contributed by atoms with Crippen LogP contribution in [0.25, 0.3) is 11.0 Å². The number of benzene rings is 1. The SMILES string of the molecule is Cc1ccc2oc(=O)c(CN3CCc4nc(C(C)(C)C)ncc4C3)c(Cl)c2c1. The van der Waals surface area contributed by atoms with Crippen molar-refractivity contribution in [2.75, 3.05) is 6.54 Å². The topological polar surface area (TPSA) is 59.2 Å². The smallest absolute Gasteiger partial charge is 0.342 e. The Kier molecular flexibility index (Phi) is 4.76. The van der Waals surface area contributed by atoms with Gasteiger partial charge in [0.05, 0.1) is 10.6 Å². The molecule has 6 heteroatoms. The zero-order chi connectivity index (χ0) is 20.1. The van der Waals surface area contributed by atoms with Gasteiger partial charge in [0.2, 0.25) is 0 Å². The lowest BCUT2D eigenvalue weighted by Gasteiger charge is -2.29. The van der Waals surface area contributed by atoms with Crippen molar-refractivity contribution >= 4 is 22.6 Å². The molecule has 0 bridgehead atoms. The van der Waals surface area contributed by atoms with Gasteiger partial charge in [-0.3, -0.25) is 4.90 Å². The van der Waals surface area contributed by atoms with Crippen molar-refractivity contribution in [3.63, 3.8) is 0 Å². The Morgan fingerprint density at radius 2 is 2.07 bits per heavy atom. The zero-order valence-electron chi connectivity index (χ0n) is 16.7. The van der Waals surface area contributed by atoms with Crippen molar-refractivity contribution in [3.8, 4) is 0 Å². The summed E-state index contributed by atoms with van der Waals surface area (Å²) in [7, 11) is 0. The summed E-state index contributed by atoms with van der Waals surface area (Å²) in [6.07, 6.45) is 2.75. The van der Waals surface area contributed by atoms with Gasteiger partial charge in [0.1, 0.15) is 11.4 Å². The standard InChI is InChI=1S/C22H24ClN3O2/c1-13-5-6-18-15(9-13)19(23)16(20(27)28-18)12-26-8-7-17-14(11-26)10-24-21(25-17)22(2,3)4/h5-6,9-10H,7-8,11-12H2,1-4H3. The predicted octanol–water partition coefficient (Wildman–Crippen LogP) is 4.40. The summed E-state index contributed by atoms with van der Waals surface area (Å²) in [5, 5.41) is 1.27. The molecule has 1 aliphatic heterocycles. The number of nitrogens with zero attached hydrogens (tertiary/aromatic N) is 3. The van der Waals surface area contributed by atoms with Gasteiger partial charge in [-0.2, -0.15) is 0 Å². The summed E-state index contributed by atoms with van der Waals surface area (Å²) in [6.45, 7) is 10.3. The van der Waals surface area contributed by atoms with Crippen LogP contribution in [0.2, 0.25) is 5.02 Å². The third kappa shape index (κ3) is 3.56. The van der Waals surface area contributed by atoms with Gasteiger partial charge in [-0.05, 0) is 19.1 Å². The number of hydrogen-bond acceptors (Lipinski definition) is 5. The van der Waals surface area contributed by atoms with E-state index in [4.69, 9.17) is 21.0 Å². The Hall–Kier alpha value is -2.24. The largest absolute Gasteiger partial charge is 0.422 e. The minimum atomic E-state index is -0.369. The quantitative estimate of drug-likeness (QED) is 0.600. The number of rotatable bonds is 2. The van der Waals surface area contributed by atoms with Gasteiger partial charge in [0.15, 0.2) is 0 Å². The first-order valence-corrected chi connectivity index (χ1v) is 9.89. The maximum Gasteiger partial charge on any atom is 0.342 e. The molecule has 3 aromatic rings. The fourth-order valence-corrected chi connectivity index (χ4v) is 3.83. The highest BCUT2D eigenvalue weighted by atomic mass is 35.5. The molecule has 0 unspecified atom stereocenters. The van der Waals surface area contributed by atoms with Crippen LogP contribution in [-0.4, -0.2) is 21.4 Å². The van der Waals surface area contributed by atoms with E-state index in [1.54, 1.807) is 6.07 Å². The van der Waals surface area contributed by atoms with Crippen LogP contribution in [0, 0.1) is 6.92 Å². The monoisotopic (exact) mass is 397 g/mol. The minimum Gasteiger partial charge on any atom is -0.422 e. The molecule has 0 spiro atoms. The summed E-state index contributed by atoms with van der Waals surface area (Å²) < 4.78 is 5.50. The molecule has 5 nitrogen and oxygen atoms in total. The molecule has 0 saturated heterocycles. The Morgan fingerprint density at radius 1 is 1.29 bits per heavy atom. The summed E-state index contributed by atoms with van der Waals surface area (Å²) >= 11 is 6.60. The second-order valence-corrected chi connectivity index (χ2v) is 8.94. The van der Waals surface area contributed by atoms with Crippen LogP contribution in [0.1, 0.15) is 49.0 Å². The molecule has 146 valence electrons. The van der Waals surface area contributed by atoms with Gasteiger partial charge in [-0.1, -0.05) is 44.0 Å². The van der Waals surface area contributed by atoms with Crippen molar-refractivity contribution in [1.82, 2.24) is 14.9 Å². The predicted molar refractivity (Wildman–Crippen MR) is 111 cm³/mol. The summed E-state index contributed by atoms with van der Waals surface area (Å²) in [5.41, 5.74) is 3.88. The number of aryl methyl sites for hydroxylation is 1. The van der Waals surface area contributed by atoms with Crippen LogP contribution in [0.5, 0.6) is 0 Å². The number of hydrogen-bond donors (Lipinski definition) is 0. The van der Waals surface area contributed by atoms with Gasteiger partial charge < -0.3 is 4.42 Å². The van der Waals surface area contributed by atoms with Crippen LogP contribution in [0.4, 0.5) is 0 Å². The highest BCUT2D eigenvalue weighted by Crippen LogP contribution is 2.28. The van der Waals surface area contributed by atoms with Crippen molar-refractivity contribution in [3.05, 3.63) is 68.0 Å². The molecular weight excluding hydrogens is 374 g/mol. The fraction of sp³-hybridized carbons (Fsp3) is 0.409. The van der Waals surface area contributed by atoms with Gasteiger partial charge in [0.25, 0.3) is 0 Å². The van der Waals surface area contributed by atoms with Gasteiger partial charge >= 0.3 is 5.63 Å². The minimum absolute atomic E-state index is 0.0676. The third-order valence-electron chi connectivity index (χ3n) is 5.15. The molecule has 0 atom stereocenters. The molecule has 0 N–H and O–H groups in total. The molecule has 2 aromatic heterocycles. The Bertz CT molecular complexity index is 1120. The molecule has 0 aliphatic carbocycles. The highest BCUT2D eigenvalue weighted by Gasteiger charge is 2.24. The van der Waals surface area contributed by atoms with E-state index in [2.05, 4.69) is 30.7 Å². The molecule has 1 aromatic carbocycles. The first kappa shape index (κ1) is 19.1. The maximum atomic E-state index is 12.5. The van der Waals surface area contributed by atoms with E-state index in [0.29, 0.717) is 29.3 Å². The normalized spacial score (nSPS) is 15.0. The first-order valence-electron chi connectivity index (χ1n) is 9.52. The lowest BCUT2D eigenvalue weighted by Crippen LogP contribution is -2.33. The fourth-order valence-electron chi connectivity index (χ4n) is 3.55. The lowest BCUT2D eigenvalue weighted by atomic mass is 9.95. The molecule has 3 heterocycles. The second kappa shape index (κ2) is 6.98. The van der Waals surface area contributed by atoms with Crippen LogP contribution < -0.4 is 5.63 Å². The van der Waals surface area contributed by atoms with E-state index in [9.17, 15) is 4.79 Å². The summed E-state index contributed by atoms with van der Waals surface area (Å²) in [4.78, 5) is 24.0. The van der Waals surface area contributed by atoms with E-state index >= 15 is 0 Å². The molecule has 1 aliphatic rings. The van der Waals surface area contributed by atoms with E-state index in [1.165, 1.54) is 0 Å². The van der Waals surface area contributed by atoms with Gasteiger partial charge in [-0.15, -0.1) is 0 Å². The van der Waals surface area contributed by atoms with E-state index in [1.807, 2.05) is 25.3 Å². The van der Waals surface area contributed by atoms with Crippen LogP contribution in [0.3, 0.4) is 0 Å². The zero-order valence-corrected chi connectivity index (χ0v) is 17.4. The summed E-state index contributed by atoms with van der Waals surface area (Å²) in [6, 6.07) is 5.66. The van der Waals surface area contributed by atoms with Crippen molar-refractivity contribution < 1.29 is 4.42 Å². The van der Waals surface area contributed by atoms with Crippen LogP contribution in [0.15, 0.2) is 33.6 Å². The maximum absolute atomic E-state index is 12.5. The average molecular weight is 398 g/mol. The Balaban J connectivity index is 1.62. The molecule has 0 radical (unpaired) electrons. The Labute approximate surface area is 169 Å². The van der Waals surface area contributed by atoms with Gasteiger partial charge in [0, 0.05) is 54.3 Å². The Morgan fingerprint density at radius 3 is 2.82 bits per heavy atom. The second-order valence-electron chi connectivity index (χ2n) is 8.56. The number of fused-ring (bicyclic) bond motifs is 2. The molecule has 0 saturated carbocycles. The molecular formula is C22H24ClN3O2. The lowest BCUT2D eigenvalue weighted by molar-refractivity contribution is 0.239. The van der Waals surface area contributed by atoms with Crippen molar-refractivity contribution in [2.45, 2.75) is 52.6 Å². The molecule has 0 fully saturated rings. The molecule has 4 rings (SSSR count).